The van der Waals surface area contributed by atoms with E-state index in [9.17, 15) is 4.79 Å². The van der Waals surface area contributed by atoms with Crippen molar-refractivity contribution in [1.82, 2.24) is 0 Å². The number of ketones is 1. The number of carbonyl (C=O) groups excluding carboxylic acids is 1. The maximum atomic E-state index is 11.6. The second-order valence-electron chi connectivity index (χ2n) is 2.74. The largest absolute Gasteiger partial charge is 0.496 e. The van der Waals surface area contributed by atoms with Gasteiger partial charge in [-0.25, -0.2) is 0 Å². The van der Waals surface area contributed by atoms with E-state index in [0.29, 0.717) is 17.1 Å². The highest BCUT2D eigenvalue weighted by molar-refractivity contribution is 9.10. The number of Topliss-reactive ketones (excluding diaryl/α,β-unsaturated/α-hetero) is 1. The van der Waals surface area contributed by atoms with Gasteiger partial charge in [-0.1, -0.05) is 15.9 Å². The van der Waals surface area contributed by atoms with Crippen LogP contribution < -0.4 is 9.47 Å². The molecule has 1 aromatic carbocycles. The van der Waals surface area contributed by atoms with E-state index in [1.807, 2.05) is 0 Å². The Morgan fingerprint density at radius 3 is 2.33 bits per heavy atom. The Labute approximate surface area is 105 Å². The van der Waals surface area contributed by atoms with Crippen LogP contribution in [0.3, 0.4) is 0 Å². The summed E-state index contributed by atoms with van der Waals surface area (Å²) >= 11 is 6.45. The average molecular weight is 338 g/mol. The number of rotatable bonds is 4. The molecule has 0 atom stereocenters. The van der Waals surface area contributed by atoms with Crippen LogP contribution in [0.25, 0.3) is 0 Å². The summed E-state index contributed by atoms with van der Waals surface area (Å²) in [6.07, 6.45) is 0. The highest BCUT2D eigenvalue weighted by Gasteiger charge is 2.14. The molecule has 0 amide bonds. The van der Waals surface area contributed by atoms with Crippen LogP contribution >= 0.6 is 31.9 Å². The molecule has 0 saturated heterocycles. The number of benzene rings is 1. The predicted molar refractivity (Wildman–Crippen MR) is 65.4 cm³/mol. The average Bonchev–Trinajstić information content (AvgIpc) is 2.27. The topological polar surface area (TPSA) is 35.5 Å². The lowest BCUT2D eigenvalue weighted by atomic mass is 10.1. The highest BCUT2D eigenvalue weighted by Crippen LogP contribution is 2.33. The lowest BCUT2D eigenvalue weighted by Gasteiger charge is -2.10. The zero-order valence-corrected chi connectivity index (χ0v) is 11.5. The van der Waals surface area contributed by atoms with Gasteiger partial charge in [0.25, 0.3) is 0 Å². The van der Waals surface area contributed by atoms with E-state index >= 15 is 0 Å². The number of methoxy groups -OCH3 is 2. The van der Waals surface area contributed by atoms with Gasteiger partial charge in [-0.15, -0.1) is 0 Å². The molecule has 1 rings (SSSR count). The van der Waals surface area contributed by atoms with Gasteiger partial charge in [0.1, 0.15) is 11.5 Å². The van der Waals surface area contributed by atoms with E-state index < -0.39 is 0 Å². The third kappa shape index (κ3) is 2.72. The van der Waals surface area contributed by atoms with Crippen LogP contribution in [0.5, 0.6) is 11.5 Å². The van der Waals surface area contributed by atoms with Crippen molar-refractivity contribution >= 4 is 37.6 Å². The van der Waals surface area contributed by atoms with Crippen LogP contribution in [0.1, 0.15) is 10.4 Å². The molecule has 0 saturated carbocycles. The monoisotopic (exact) mass is 336 g/mol. The minimum Gasteiger partial charge on any atom is -0.496 e. The summed E-state index contributed by atoms with van der Waals surface area (Å²) in [5, 5.41) is 0.258. The minimum atomic E-state index is -0.0438. The molecule has 1 aromatic rings. The fourth-order valence-electron chi connectivity index (χ4n) is 1.15. The molecule has 0 aromatic heterocycles. The maximum Gasteiger partial charge on any atom is 0.177 e. The number of carbonyl (C=O) groups is 1. The SMILES string of the molecule is COc1cc(C(=O)CBr)c(OC)cc1Br. The molecule has 0 aliphatic heterocycles. The van der Waals surface area contributed by atoms with Gasteiger partial charge >= 0.3 is 0 Å². The number of hydrogen-bond donors (Lipinski definition) is 0. The fourth-order valence-corrected chi connectivity index (χ4v) is 1.94. The first-order valence-electron chi connectivity index (χ1n) is 4.14. The summed E-state index contributed by atoms with van der Waals surface area (Å²) in [5.41, 5.74) is 0.509. The highest BCUT2D eigenvalue weighted by atomic mass is 79.9. The van der Waals surface area contributed by atoms with E-state index in [1.54, 1.807) is 19.2 Å². The van der Waals surface area contributed by atoms with Gasteiger partial charge in [-0.3, -0.25) is 4.79 Å². The quantitative estimate of drug-likeness (QED) is 0.625. The molecular formula is C10H10Br2O3. The van der Waals surface area contributed by atoms with Crippen molar-refractivity contribution in [3.8, 4) is 11.5 Å². The van der Waals surface area contributed by atoms with Gasteiger partial charge < -0.3 is 9.47 Å². The molecule has 15 heavy (non-hydrogen) atoms. The van der Waals surface area contributed by atoms with Crippen LogP contribution in [0.4, 0.5) is 0 Å². The molecule has 0 aliphatic rings. The first-order chi connectivity index (χ1) is 7.13. The molecule has 5 heteroatoms. The zero-order chi connectivity index (χ0) is 11.4. The molecular weight excluding hydrogens is 328 g/mol. The molecule has 0 spiro atoms. The molecule has 0 heterocycles. The zero-order valence-electron chi connectivity index (χ0n) is 8.34. The van der Waals surface area contributed by atoms with Crippen molar-refractivity contribution in [2.24, 2.45) is 0 Å². The van der Waals surface area contributed by atoms with Crippen molar-refractivity contribution < 1.29 is 14.3 Å². The molecule has 0 aliphatic carbocycles. The molecule has 3 nitrogen and oxygen atoms in total. The third-order valence-electron chi connectivity index (χ3n) is 1.90. The van der Waals surface area contributed by atoms with Crippen molar-refractivity contribution in [3.05, 3.63) is 22.2 Å². The minimum absolute atomic E-state index is 0.0438. The van der Waals surface area contributed by atoms with Crippen molar-refractivity contribution in [2.75, 3.05) is 19.5 Å². The van der Waals surface area contributed by atoms with E-state index in [0.717, 1.165) is 4.47 Å². The Bertz CT molecular complexity index is 377. The second kappa shape index (κ2) is 5.51. The van der Waals surface area contributed by atoms with E-state index in [4.69, 9.17) is 9.47 Å². The summed E-state index contributed by atoms with van der Waals surface area (Å²) in [6, 6.07) is 3.38. The summed E-state index contributed by atoms with van der Waals surface area (Å²) in [6.45, 7) is 0. The molecule has 0 N–H and O–H groups in total. The van der Waals surface area contributed by atoms with Gasteiger partial charge in [-0.05, 0) is 28.1 Å². The molecule has 82 valence electrons. The number of alkyl halides is 1. The number of ether oxygens (including phenoxy) is 2. The fraction of sp³-hybridized carbons (Fsp3) is 0.300. The molecule has 0 bridgehead atoms. The van der Waals surface area contributed by atoms with E-state index in [2.05, 4.69) is 31.9 Å². The molecule has 0 unspecified atom stereocenters. The number of hydrogen-bond acceptors (Lipinski definition) is 3. The van der Waals surface area contributed by atoms with Gasteiger partial charge in [0.15, 0.2) is 5.78 Å². The van der Waals surface area contributed by atoms with E-state index in [1.165, 1.54) is 7.11 Å². The summed E-state index contributed by atoms with van der Waals surface area (Å²) in [7, 11) is 3.08. The van der Waals surface area contributed by atoms with Crippen LogP contribution in [-0.2, 0) is 0 Å². The summed E-state index contributed by atoms with van der Waals surface area (Å²) < 4.78 is 11.0. The van der Waals surface area contributed by atoms with Gasteiger partial charge in [0.2, 0.25) is 0 Å². The van der Waals surface area contributed by atoms with Crippen molar-refractivity contribution in [1.29, 1.82) is 0 Å². The van der Waals surface area contributed by atoms with Crippen LogP contribution in [-0.4, -0.2) is 25.3 Å². The smallest absolute Gasteiger partial charge is 0.177 e. The standard InChI is InChI=1S/C10H10Br2O3/c1-14-9-4-7(12)10(15-2)3-6(9)8(13)5-11/h3-4H,5H2,1-2H3. The van der Waals surface area contributed by atoms with Crippen molar-refractivity contribution in [3.63, 3.8) is 0 Å². The Hall–Kier alpha value is -0.550. The van der Waals surface area contributed by atoms with Crippen LogP contribution in [0, 0.1) is 0 Å². The summed E-state index contributed by atoms with van der Waals surface area (Å²) in [5.74, 6) is 1.10. The van der Waals surface area contributed by atoms with Gasteiger partial charge in [0.05, 0.1) is 29.6 Å². The molecule has 0 radical (unpaired) electrons. The Kier molecular flexibility index (Phi) is 4.60. The van der Waals surface area contributed by atoms with Crippen LogP contribution in [0.2, 0.25) is 0 Å². The lowest BCUT2D eigenvalue weighted by molar-refractivity contribution is 0.102. The maximum absolute atomic E-state index is 11.6. The molecule has 0 fully saturated rings. The van der Waals surface area contributed by atoms with E-state index in [-0.39, 0.29) is 11.1 Å². The van der Waals surface area contributed by atoms with Gasteiger partial charge in [0, 0.05) is 0 Å². The Balaban J connectivity index is 3.28. The van der Waals surface area contributed by atoms with Crippen LogP contribution in [0.15, 0.2) is 16.6 Å². The summed E-state index contributed by atoms with van der Waals surface area (Å²) in [4.78, 5) is 11.6. The first kappa shape index (κ1) is 12.5. The lowest BCUT2D eigenvalue weighted by Crippen LogP contribution is -2.04. The van der Waals surface area contributed by atoms with Crippen molar-refractivity contribution in [2.45, 2.75) is 0 Å². The second-order valence-corrected chi connectivity index (χ2v) is 4.16. The van der Waals surface area contributed by atoms with Gasteiger partial charge in [-0.2, -0.15) is 0 Å². The Morgan fingerprint density at radius 1 is 1.27 bits per heavy atom. The normalized spacial score (nSPS) is 9.87. The third-order valence-corrected chi connectivity index (χ3v) is 3.02. The predicted octanol–water partition coefficient (Wildman–Crippen LogP) is 3.04. The Morgan fingerprint density at radius 2 is 1.87 bits per heavy atom. The first-order valence-corrected chi connectivity index (χ1v) is 6.06. The number of halogens is 2.